The van der Waals surface area contributed by atoms with Gasteiger partial charge in [-0.25, -0.2) is 8.42 Å². The number of sulfone groups is 1. The van der Waals surface area contributed by atoms with Crippen LogP contribution in [-0.2, 0) is 9.84 Å². The van der Waals surface area contributed by atoms with Crippen molar-refractivity contribution in [1.82, 2.24) is 5.32 Å². The Labute approximate surface area is 123 Å². The smallest absolute Gasteiger partial charge is 0.179 e. The average molecular weight is 297 g/mol. The molecule has 0 spiro atoms. The molecule has 0 aliphatic heterocycles. The summed E-state index contributed by atoms with van der Waals surface area (Å²) in [6.07, 6.45) is 4.77. The summed E-state index contributed by atoms with van der Waals surface area (Å²) < 4.78 is 24.3. The summed E-state index contributed by atoms with van der Waals surface area (Å²) in [6, 6.07) is 7.45. The Kier molecular flexibility index (Phi) is 7.24. The maximum Gasteiger partial charge on any atom is 0.179 e. The summed E-state index contributed by atoms with van der Waals surface area (Å²) in [5.41, 5.74) is 1.08. The van der Waals surface area contributed by atoms with Gasteiger partial charge in [0.15, 0.2) is 9.84 Å². The third-order valence-corrected chi connectivity index (χ3v) is 5.22. The molecule has 1 unspecified atom stereocenters. The normalized spacial score (nSPS) is 13.3. The van der Waals surface area contributed by atoms with Gasteiger partial charge in [-0.1, -0.05) is 43.9 Å². The fourth-order valence-corrected chi connectivity index (χ4v) is 3.28. The fraction of sp³-hybridized carbons (Fsp3) is 0.625. The fourth-order valence-electron chi connectivity index (χ4n) is 2.11. The van der Waals surface area contributed by atoms with Crippen LogP contribution in [0.2, 0.25) is 0 Å². The number of nitrogens with one attached hydrogen (secondary N) is 1. The van der Waals surface area contributed by atoms with Gasteiger partial charge in [0.25, 0.3) is 0 Å². The number of aryl methyl sites for hydroxylation is 1. The first kappa shape index (κ1) is 17.2. The standard InChI is InChI=1S/C16H27NO2S/c1-4-5-6-7-15(3)17-12-13-20(18,19)16-10-8-14(2)9-11-16/h8-11,15,17H,4-7,12-13H2,1-3H3. The van der Waals surface area contributed by atoms with E-state index in [2.05, 4.69) is 19.2 Å². The summed E-state index contributed by atoms with van der Waals surface area (Å²) in [5.74, 6) is 0.161. The van der Waals surface area contributed by atoms with Crippen molar-refractivity contribution in [3.8, 4) is 0 Å². The van der Waals surface area contributed by atoms with Crippen molar-refractivity contribution < 1.29 is 8.42 Å². The van der Waals surface area contributed by atoms with Crippen LogP contribution in [0, 0.1) is 6.92 Å². The quantitative estimate of drug-likeness (QED) is 0.711. The second-order valence-electron chi connectivity index (χ2n) is 5.48. The van der Waals surface area contributed by atoms with Gasteiger partial charge in [0.2, 0.25) is 0 Å². The summed E-state index contributed by atoms with van der Waals surface area (Å²) in [5, 5.41) is 3.30. The number of benzene rings is 1. The molecule has 0 aliphatic rings. The van der Waals surface area contributed by atoms with E-state index < -0.39 is 9.84 Å². The highest BCUT2D eigenvalue weighted by Gasteiger charge is 2.14. The van der Waals surface area contributed by atoms with Crippen LogP contribution in [0.15, 0.2) is 29.2 Å². The second-order valence-corrected chi connectivity index (χ2v) is 7.59. The van der Waals surface area contributed by atoms with E-state index in [0.717, 1.165) is 12.0 Å². The maximum atomic E-state index is 12.1. The molecule has 0 radical (unpaired) electrons. The Morgan fingerprint density at radius 1 is 1.15 bits per heavy atom. The number of hydrogen-bond acceptors (Lipinski definition) is 3. The Bertz CT molecular complexity index is 480. The molecule has 1 aromatic carbocycles. The molecule has 3 nitrogen and oxygen atoms in total. The van der Waals surface area contributed by atoms with Gasteiger partial charge >= 0.3 is 0 Å². The minimum absolute atomic E-state index is 0.161. The van der Waals surface area contributed by atoms with Gasteiger partial charge in [-0.2, -0.15) is 0 Å². The van der Waals surface area contributed by atoms with E-state index in [1.54, 1.807) is 12.1 Å². The third kappa shape index (κ3) is 6.06. The molecule has 0 aliphatic carbocycles. The third-order valence-electron chi connectivity index (χ3n) is 3.48. The van der Waals surface area contributed by atoms with Crippen LogP contribution in [0.4, 0.5) is 0 Å². The molecule has 1 N–H and O–H groups in total. The maximum absolute atomic E-state index is 12.1. The lowest BCUT2D eigenvalue weighted by molar-refractivity contribution is 0.498. The van der Waals surface area contributed by atoms with E-state index in [4.69, 9.17) is 0 Å². The number of unbranched alkanes of at least 4 members (excludes halogenated alkanes) is 2. The van der Waals surface area contributed by atoms with Gasteiger partial charge in [-0.05, 0) is 32.4 Å². The van der Waals surface area contributed by atoms with Crippen molar-refractivity contribution in [2.24, 2.45) is 0 Å². The lowest BCUT2D eigenvalue weighted by atomic mass is 10.1. The molecule has 1 rings (SSSR count). The Morgan fingerprint density at radius 3 is 2.40 bits per heavy atom. The highest BCUT2D eigenvalue weighted by Crippen LogP contribution is 2.11. The molecule has 4 heteroatoms. The largest absolute Gasteiger partial charge is 0.313 e. The molecule has 114 valence electrons. The van der Waals surface area contributed by atoms with Gasteiger partial charge in [-0.3, -0.25) is 0 Å². The molecule has 0 heterocycles. The monoisotopic (exact) mass is 297 g/mol. The van der Waals surface area contributed by atoms with E-state index >= 15 is 0 Å². The summed E-state index contributed by atoms with van der Waals surface area (Å²) >= 11 is 0. The van der Waals surface area contributed by atoms with E-state index in [9.17, 15) is 8.42 Å². The van der Waals surface area contributed by atoms with Gasteiger partial charge < -0.3 is 5.32 Å². The Balaban J connectivity index is 2.38. The van der Waals surface area contributed by atoms with Crippen molar-refractivity contribution in [1.29, 1.82) is 0 Å². The van der Waals surface area contributed by atoms with Crippen LogP contribution >= 0.6 is 0 Å². The molecule has 0 saturated carbocycles. The zero-order valence-corrected chi connectivity index (χ0v) is 13.7. The molecular formula is C16H27NO2S. The van der Waals surface area contributed by atoms with Crippen molar-refractivity contribution in [2.75, 3.05) is 12.3 Å². The van der Waals surface area contributed by atoms with Crippen LogP contribution in [0.5, 0.6) is 0 Å². The Hall–Kier alpha value is -0.870. The average Bonchev–Trinajstić information content (AvgIpc) is 2.39. The van der Waals surface area contributed by atoms with Gasteiger partial charge in [0.05, 0.1) is 10.6 Å². The highest BCUT2D eigenvalue weighted by molar-refractivity contribution is 7.91. The van der Waals surface area contributed by atoms with E-state index in [-0.39, 0.29) is 5.75 Å². The molecule has 0 amide bonds. The van der Waals surface area contributed by atoms with Crippen molar-refractivity contribution in [2.45, 2.75) is 57.4 Å². The minimum Gasteiger partial charge on any atom is -0.313 e. The molecule has 20 heavy (non-hydrogen) atoms. The zero-order valence-electron chi connectivity index (χ0n) is 12.9. The Morgan fingerprint density at radius 2 is 1.80 bits per heavy atom. The van der Waals surface area contributed by atoms with Crippen LogP contribution in [0.3, 0.4) is 0 Å². The predicted octanol–water partition coefficient (Wildman–Crippen LogP) is 3.33. The van der Waals surface area contributed by atoms with E-state index in [0.29, 0.717) is 17.5 Å². The van der Waals surface area contributed by atoms with Crippen LogP contribution in [-0.4, -0.2) is 26.8 Å². The molecule has 0 saturated heterocycles. The molecule has 0 bridgehead atoms. The van der Waals surface area contributed by atoms with E-state index in [1.165, 1.54) is 19.3 Å². The van der Waals surface area contributed by atoms with Crippen molar-refractivity contribution in [3.05, 3.63) is 29.8 Å². The molecule has 1 atom stereocenters. The molecule has 1 aromatic rings. The van der Waals surface area contributed by atoms with Crippen LogP contribution in [0.25, 0.3) is 0 Å². The zero-order chi connectivity index (χ0) is 15.0. The second kappa shape index (κ2) is 8.42. The predicted molar refractivity (Wildman–Crippen MR) is 84.8 cm³/mol. The SMILES string of the molecule is CCCCCC(C)NCCS(=O)(=O)c1ccc(C)cc1. The number of hydrogen-bond donors (Lipinski definition) is 1. The topological polar surface area (TPSA) is 46.2 Å². The number of rotatable bonds is 9. The van der Waals surface area contributed by atoms with E-state index in [1.807, 2.05) is 19.1 Å². The van der Waals surface area contributed by atoms with Crippen molar-refractivity contribution >= 4 is 9.84 Å². The lowest BCUT2D eigenvalue weighted by Crippen LogP contribution is -2.31. The molecule has 0 fully saturated rings. The van der Waals surface area contributed by atoms with Crippen LogP contribution in [0.1, 0.15) is 45.1 Å². The first-order chi connectivity index (χ1) is 9.45. The summed E-state index contributed by atoms with van der Waals surface area (Å²) in [4.78, 5) is 0.420. The summed E-state index contributed by atoms with van der Waals surface area (Å²) in [7, 11) is -3.16. The lowest BCUT2D eigenvalue weighted by Gasteiger charge is -2.13. The summed E-state index contributed by atoms with van der Waals surface area (Å²) in [6.45, 7) is 6.78. The first-order valence-electron chi connectivity index (χ1n) is 7.48. The molecule has 0 aromatic heterocycles. The first-order valence-corrected chi connectivity index (χ1v) is 9.13. The minimum atomic E-state index is -3.16. The van der Waals surface area contributed by atoms with Gasteiger partial charge in [-0.15, -0.1) is 0 Å². The van der Waals surface area contributed by atoms with Gasteiger partial charge in [0.1, 0.15) is 0 Å². The van der Waals surface area contributed by atoms with Crippen molar-refractivity contribution in [3.63, 3.8) is 0 Å². The highest BCUT2D eigenvalue weighted by atomic mass is 32.2. The molecular weight excluding hydrogens is 270 g/mol. The van der Waals surface area contributed by atoms with Gasteiger partial charge in [0, 0.05) is 12.6 Å². The van der Waals surface area contributed by atoms with Crippen LogP contribution < -0.4 is 5.32 Å².